The molecular formula is C16H22N4O2. The fourth-order valence-electron chi connectivity index (χ4n) is 2.28. The van der Waals surface area contributed by atoms with Crippen molar-refractivity contribution in [2.75, 3.05) is 25.0 Å². The van der Waals surface area contributed by atoms with Crippen LogP contribution in [0.1, 0.15) is 32.3 Å². The number of anilines is 1. The average Bonchev–Trinajstić information content (AvgIpc) is 2.54. The standard InChI is InChI=1S/C16H22N4O2/c1-3-20(4-2)11-16(22)17-13-7-5-12(6-8-13)14-9-10-15(21)19-18-14/h5-8H,3-4,9-11H2,1-2H3,(H,17,22)(H,19,21). The third kappa shape index (κ3) is 4.39. The maximum absolute atomic E-state index is 11.9. The van der Waals surface area contributed by atoms with Crippen LogP contribution in [0.3, 0.4) is 0 Å². The summed E-state index contributed by atoms with van der Waals surface area (Å²) in [4.78, 5) is 25.1. The fourth-order valence-corrected chi connectivity index (χ4v) is 2.28. The number of hydrogen-bond donors (Lipinski definition) is 2. The molecule has 1 aliphatic heterocycles. The van der Waals surface area contributed by atoms with Gasteiger partial charge in [0.25, 0.3) is 0 Å². The van der Waals surface area contributed by atoms with Crippen molar-refractivity contribution >= 4 is 23.2 Å². The molecule has 0 unspecified atom stereocenters. The van der Waals surface area contributed by atoms with Crippen LogP contribution in [-0.2, 0) is 9.59 Å². The summed E-state index contributed by atoms with van der Waals surface area (Å²) in [5.74, 6) is -0.0669. The zero-order valence-corrected chi connectivity index (χ0v) is 13.1. The summed E-state index contributed by atoms with van der Waals surface area (Å²) in [6.07, 6.45) is 1.10. The molecule has 6 nitrogen and oxygen atoms in total. The van der Waals surface area contributed by atoms with E-state index in [-0.39, 0.29) is 11.8 Å². The summed E-state index contributed by atoms with van der Waals surface area (Å²) in [5.41, 5.74) is 5.07. The van der Waals surface area contributed by atoms with Gasteiger partial charge in [-0.05, 0) is 30.8 Å². The van der Waals surface area contributed by atoms with Crippen LogP contribution in [0.15, 0.2) is 29.4 Å². The van der Waals surface area contributed by atoms with Crippen molar-refractivity contribution in [1.29, 1.82) is 0 Å². The van der Waals surface area contributed by atoms with Crippen molar-refractivity contribution in [3.8, 4) is 0 Å². The van der Waals surface area contributed by atoms with Crippen LogP contribution in [-0.4, -0.2) is 42.1 Å². The lowest BCUT2D eigenvalue weighted by molar-refractivity contribution is -0.121. The van der Waals surface area contributed by atoms with Gasteiger partial charge in [-0.1, -0.05) is 26.0 Å². The molecule has 1 aliphatic rings. The van der Waals surface area contributed by atoms with Crippen LogP contribution in [0.5, 0.6) is 0 Å². The number of hydrogen-bond acceptors (Lipinski definition) is 4. The van der Waals surface area contributed by atoms with Crippen LogP contribution in [0.2, 0.25) is 0 Å². The molecule has 0 saturated carbocycles. The number of rotatable bonds is 6. The first kappa shape index (κ1) is 16.2. The molecular weight excluding hydrogens is 280 g/mol. The lowest BCUT2D eigenvalue weighted by Crippen LogP contribution is -2.32. The number of nitrogens with one attached hydrogen (secondary N) is 2. The van der Waals surface area contributed by atoms with Gasteiger partial charge in [0.1, 0.15) is 0 Å². The Morgan fingerprint density at radius 3 is 2.45 bits per heavy atom. The Labute approximate surface area is 130 Å². The average molecular weight is 302 g/mol. The van der Waals surface area contributed by atoms with E-state index in [1.807, 2.05) is 38.1 Å². The maximum atomic E-state index is 11.9. The van der Waals surface area contributed by atoms with Gasteiger partial charge in [0.2, 0.25) is 11.8 Å². The maximum Gasteiger partial charge on any atom is 0.240 e. The number of carbonyl (C=O) groups is 2. The lowest BCUT2D eigenvalue weighted by atomic mass is 10.0. The van der Waals surface area contributed by atoms with E-state index in [0.717, 1.165) is 30.1 Å². The third-order valence-corrected chi connectivity index (χ3v) is 3.67. The van der Waals surface area contributed by atoms with E-state index in [2.05, 4.69) is 20.7 Å². The van der Waals surface area contributed by atoms with Crippen LogP contribution < -0.4 is 10.7 Å². The van der Waals surface area contributed by atoms with Gasteiger partial charge in [-0.3, -0.25) is 14.5 Å². The molecule has 118 valence electrons. The molecule has 0 spiro atoms. The molecule has 1 aromatic carbocycles. The number of hydrazone groups is 1. The first-order chi connectivity index (χ1) is 10.6. The highest BCUT2D eigenvalue weighted by atomic mass is 16.2. The molecule has 0 atom stereocenters. The molecule has 2 amide bonds. The summed E-state index contributed by atoms with van der Waals surface area (Å²) >= 11 is 0. The van der Waals surface area contributed by atoms with Gasteiger partial charge in [0.05, 0.1) is 12.3 Å². The van der Waals surface area contributed by atoms with Crippen molar-refractivity contribution < 1.29 is 9.59 Å². The highest BCUT2D eigenvalue weighted by Gasteiger charge is 2.13. The van der Waals surface area contributed by atoms with Gasteiger partial charge in [-0.25, -0.2) is 5.43 Å². The van der Waals surface area contributed by atoms with Crippen LogP contribution in [0.4, 0.5) is 5.69 Å². The topological polar surface area (TPSA) is 73.8 Å². The van der Waals surface area contributed by atoms with Gasteiger partial charge in [-0.15, -0.1) is 0 Å². The minimum Gasteiger partial charge on any atom is -0.325 e. The van der Waals surface area contributed by atoms with Crippen molar-refractivity contribution in [3.63, 3.8) is 0 Å². The monoisotopic (exact) mass is 302 g/mol. The largest absolute Gasteiger partial charge is 0.325 e. The molecule has 0 fully saturated rings. The van der Waals surface area contributed by atoms with Crippen molar-refractivity contribution in [2.24, 2.45) is 5.10 Å². The molecule has 2 rings (SSSR count). The number of amides is 2. The van der Waals surface area contributed by atoms with E-state index in [1.165, 1.54) is 0 Å². The van der Waals surface area contributed by atoms with Gasteiger partial charge >= 0.3 is 0 Å². The number of nitrogens with zero attached hydrogens (tertiary/aromatic N) is 2. The molecule has 0 aromatic heterocycles. The summed E-state index contributed by atoms with van der Waals surface area (Å²) in [5, 5.41) is 6.94. The summed E-state index contributed by atoms with van der Waals surface area (Å²) < 4.78 is 0. The van der Waals surface area contributed by atoms with Crippen LogP contribution >= 0.6 is 0 Å². The minimum absolute atomic E-state index is 0.0151. The van der Waals surface area contributed by atoms with E-state index in [1.54, 1.807) is 0 Å². The first-order valence-electron chi connectivity index (χ1n) is 7.60. The Bertz CT molecular complexity index is 562. The second-order valence-electron chi connectivity index (χ2n) is 5.18. The zero-order chi connectivity index (χ0) is 15.9. The molecule has 0 radical (unpaired) electrons. The van der Waals surface area contributed by atoms with E-state index in [0.29, 0.717) is 19.4 Å². The Balaban J connectivity index is 1.94. The highest BCUT2D eigenvalue weighted by Crippen LogP contribution is 2.14. The van der Waals surface area contributed by atoms with Crippen molar-refractivity contribution in [2.45, 2.75) is 26.7 Å². The summed E-state index contributed by atoms with van der Waals surface area (Å²) in [6.45, 7) is 6.18. The Morgan fingerprint density at radius 2 is 1.91 bits per heavy atom. The predicted octanol–water partition coefficient (Wildman–Crippen LogP) is 1.58. The minimum atomic E-state index is -0.0518. The molecule has 22 heavy (non-hydrogen) atoms. The van der Waals surface area contributed by atoms with Crippen molar-refractivity contribution in [3.05, 3.63) is 29.8 Å². The third-order valence-electron chi connectivity index (χ3n) is 3.67. The van der Waals surface area contributed by atoms with Gasteiger partial charge in [0, 0.05) is 18.5 Å². The molecule has 0 bridgehead atoms. The smallest absolute Gasteiger partial charge is 0.240 e. The second-order valence-corrected chi connectivity index (χ2v) is 5.18. The first-order valence-corrected chi connectivity index (χ1v) is 7.60. The summed E-state index contributed by atoms with van der Waals surface area (Å²) in [6, 6.07) is 7.52. The normalized spacial score (nSPS) is 14.5. The highest BCUT2D eigenvalue weighted by molar-refractivity contribution is 6.04. The Kier molecular flexibility index (Phi) is 5.66. The van der Waals surface area contributed by atoms with Crippen LogP contribution in [0.25, 0.3) is 0 Å². The quantitative estimate of drug-likeness (QED) is 0.838. The lowest BCUT2D eigenvalue weighted by Gasteiger charge is -2.17. The Hall–Kier alpha value is -2.21. The summed E-state index contributed by atoms with van der Waals surface area (Å²) in [7, 11) is 0. The van der Waals surface area contributed by atoms with Crippen molar-refractivity contribution in [1.82, 2.24) is 10.3 Å². The number of carbonyl (C=O) groups excluding carboxylic acids is 2. The van der Waals surface area contributed by atoms with Gasteiger partial charge in [0.15, 0.2) is 0 Å². The van der Waals surface area contributed by atoms with E-state index >= 15 is 0 Å². The molecule has 1 aromatic rings. The predicted molar refractivity (Wildman–Crippen MR) is 86.8 cm³/mol. The zero-order valence-electron chi connectivity index (χ0n) is 13.1. The molecule has 6 heteroatoms. The second kappa shape index (κ2) is 7.70. The van der Waals surface area contributed by atoms with Gasteiger partial charge in [-0.2, -0.15) is 5.10 Å². The van der Waals surface area contributed by atoms with E-state index < -0.39 is 0 Å². The molecule has 0 saturated heterocycles. The van der Waals surface area contributed by atoms with Crippen LogP contribution in [0, 0.1) is 0 Å². The SMILES string of the molecule is CCN(CC)CC(=O)Nc1ccc(C2=NNC(=O)CC2)cc1. The fraction of sp³-hybridized carbons (Fsp3) is 0.438. The molecule has 2 N–H and O–H groups in total. The Morgan fingerprint density at radius 1 is 1.23 bits per heavy atom. The molecule has 1 heterocycles. The number of benzene rings is 1. The van der Waals surface area contributed by atoms with E-state index in [9.17, 15) is 9.59 Å². The van der Waals surface area contributed by atoms with Gasteiger partial charge < -0.3 is 5.32 Å². The number of likely N-dealkylation sites (N-methyl/N-ethyl adjacent to an activating group) is 1. The molecule has 0 aliphatic carbocycles. The van der Waals surface area contributed by atoms with E-state index in [4.69, 9.17) is 0 Å².